The van der Waals surface area contributed by atoms with Crippen molar-refractivity contribution in [3.05, 3.63) is 23.8 Å². The fraction of sp³-hybridized carbons (Fsp3) is 0.571. The molecule has 1 fully saturated rings. The number of aliphatic carboxylic acids is 1. The smallest absolute Gasteiger partial charge is 0.309 e. The van der Waals surface area contributed by atoms with E-state index in [0.29, 0.717) is 37.2 Å². The fourth-order valence-corrected chi connectivity index (χ4v) is 3.31. The van der Waals surface area contributed by atoms with E-state index in [-0.39, 0.29) is 19.4 Å². The highest BCUT2D eigenvalue weighted by Crippen LogP contribution is 2.32. The molecule has 8 heteroatoms. The summed E-state index contributed by atoms with van der Waals surface area (Å²) >= 11 is 0. The van der Waals surface area contributed by atoms with Crippen molar-refractivity contribution in [1.82, 2.24) is 0 Å². The average molecular weight is 403 g/mol. The van der Waals surface area contributed by atoms with Gasteiger partial charge in [0.05, 0.1) is 29.7 Å². The summed E-state index contributed by atoms with van der Waals surface area (Å²) in [6.45, 7) is 6.68. The molecule has 0 unspecified atom stereocenters. The van der Waals surface area contributed by atoms with Gasteiger partial charge in [0, 0.05) is 25.3 Å². The number of hydrogen-bond donors (Lipinski definition) is 3. The molecule has 0 radical (unpaired) electrons. The number of nitrogens with one attached hydrogen (secondary N) is 1. The van der Waals surface area contributed by atoms with Crippen LogP contribution in [0.4, 0.5) is 11.4 Å². The van der Waals surface area contributed by atoms with Gasteiger partial charge in [0.25, 0.3) is 0 Å². The first-order valence-corrected chi connectivity index (χ1v) is 9.70. The van der Waals surface area contributed by atoms with Crippen LogP contribution in [0.3, 0.4) is 0 Å². The lowest BCUT2D eigenvalue weighted by molar-refractivity contribution is -0.161. The number of piperidine rings is 1. The molecule has 0 amide bonds. The van der Waals surface area contributed by atoms with Gasteiger partial charge < -0.3 is 25.2 Å². The summed E-state index contributed by atoms with van der Waals surface area (Å²) in [6.07, 6.45) is 0.743. The summed E-state index contributed by atoms with van der Waals surface area (Å²) in [6, 6.07) is 7.49. The van der Waals surface area contributed by atoms with Crippen LogP contribution in [0, 0.1) is 11.3 Å². The molecule has 0 atom stereocenters. The minimum absolute atomic E-state index is 0.00794. The first kappa shape index (κ1) is 22.5. The molecule has 0 saturated carbocycles. The monoisotopic (exact) mass is 403 g/mol. The normalized spacial score (nSPS) is 16.0. The number of nitriles is 1. The Labute approximate surface area is 171 Å². The summed E-state index contributed by atoms with van der Waals surface area (Å²) in [7, 11) is 0. The van der Waals surface area contributed by atoms with Gasteiger partial charge in [-0.25, -0.2) is 0 Å². The number of aliphatic hydroxyl groups is 1. The molecular formula is C21H29N3O5. The zero-order chi connectivity index (χ0) is 21.7. The number of carbonyl (C=O) groups is 2. The van der Waals surface area contributed by atoms with Gasteiger partial charge >= 0.3 is 11.9 Å². The second kappa shape index (κ2) is 9.14. The van der Waals surface area contributed by atoms with Gasteiger partial charge in [0.2, 0.25) is 0 Å². The molecule has 1 aliphatic heterocycles. The van der Waals surface area contributed by atoms with E-state index >= 15 is 0 Å². The standard InChI is InChI=1S/C21H29N3O5/c1-20(2,3)29-19(27)13-21(28)7-10-24(11-8-21)17-5-4-16(12-15(17)14-22)23-9-6-18(25)26/h4-5,12,23,28H,6-11,13H2,1-3H3,(H,25,26). The Hall–Kier alpha value is -2.79. The summed E-state index contributed by atoms with van der Waals surface area (Å²) in [4.78, 5) is 24.7. The van der Waals surface area contributed by atoms with Gasteiger partial charge in [0.1, 0.15) is 11.7 Å². The van der Waals surface area contributed by atoms with Crippen LogP contribution in [0.25, 0.3) is 0 Å². The number of hydrogen-bond acceptors (Lipinski definition) is 7. The topological polar surface area (TPSA) is 123 Å². The van der Waals surface area contributed by atoms with Crippen molar-refractivity contribution in [2.75, 3.05) is 29.9 Å². The minimum Gasteiger partial charge on any atom is -0.481 e. The molecule has 1 aromatic rings. The maximum Gasteiger partial charge on any atom is 0.309 e. The summed E-state index contributed by atoms with van der Waals surface area (Å²) in [5.41, 5.74) is 0.226. The zero-order valence-corrected chi connectivity index (χ0v) is 17.2. The lowest BCUT2D eigenvalue weighted by Crippen LogP contribution is -2.46. The molecule has 29 heavy (non-hydrogen) atoms. The van der Waals surface area contributed by atoms with E-state index in [9.17, 15) is 20.0 Å². The Bertz CT molecular complexity index is 786. The number of ether oxygens (including phenoxy) is 1. The Balaban J connectivity index is 1.98. The van der Waals surface area contributed by atoms with Gasteiger partial charge in [0.15, 0.2) is 0 Å². The summed E-state index contributed by atoms with van der Waals surface area (Å²) in [5, 5.41) is 32.0. The Morgan fingerprint density at radius 2 is 1.97 bits per heavy atom. The van der Waals surface area contributed by atoms with E-state index in [2.05, 4.69) is 11.4 Å². The number of nitrogens with zero attached hydrogens (tertiary/aromatic N) is 2. The predicted octanol–water partition coefficient (Wildman–Crippen LogP) is 2.51. The van der Waals surface area contributed by atoms with Gasteiger partial charge in [-0.2, -0.15) is 5.26 Å². The van der Waals surface area contributed by atoms with Gasteiger partial charge in [-0.1, -0.05) is 0 Å². The second-order valence-electron chi connectivity index (χ2n) is 8.39. The Kier molecular flexibility index (Phi) is 7.09. The van der Waals surface area contributed by atoms with E-state index < -0.39 is 23.1 Å². The highest BCUT2D eigenvalue weighted by molar-refractivity contribution is 5.71. The molecule has 1 aromatic carbocycles. The molecule has 3 N–H and O–H groups in total. The third-order valence-corrected chi connectivity index (χ3v) is 4.71. The molecule has 2 rings (SSSR count). The zero-order valence-electron chi connectivity index (χ0n) is 17.2. The van der Waals surface area contributed by atoms with E-state index in [1.807, 2.05) is 11.0 Å². The molecule has 0 spiro atoms. The van der Waals surface area contributed by atoms with Crippen molar-refractivity contribution >= 4 is 23.3 Å². The number of benzene rings is 1. The molecule has 1 heterocycles. The lowest BCUT2D eigenvalue weighted by Gasteiger charge is -2.39. The summed E-state index contributed by atoms with van der Waals surface area (Å²) < 4.78 is 5.31. The van der Waals surface area contributed by atoms with Crippen molar-refractivity contribution in [2.24, 2.45) is 0 Å². The molecule has 1 saturated heterocycles. The number of carboxylic acids is 1. The quantitative estimate of drug-likeness (QED) is 0.594. The molecule has 1 aliphatic rings. The maximum absolute atomic E-state index is 12.1. The molecule has 8 nitrogen and oxygen atoms in total. The first-order valence-electron chi connectivity index (χ1n) is 9.70. The van der Waals surface area contributed by atoms with Crippen LogP contribution in [-0.2, 0) is 14.3 Å². The molecule has 0 aromatic heterocycles. The SMILES string of the molecule is CC(C)(C)OC(=O)CC1(O)CCN(c2ccc(NCCC(=O)O)cc2C#N)CC1. The van der Waals surface area contributed by atoms with Crippen LogP contribution >= 0.6 is 0 Å². The number of rotatable bonds is 7. The van der Waals surface area contributed by atoms with Gasteiger partial charge in [-0.15, -0.1) is 0 Å². The van der Waals surface area contributed by atoms with Crippen LogP contribution in [0.2, 0.25) is 0 Å². The highest BCUT2D eigenvalue weighted by Gasteiger charge is 2.36. The number of anilines is 2. The van der Waals surface area contributed by atoms with Crippen molar-refractivity contribution in [3.63, 3.8) is 0 Å². The first-order chi connectivity index (χ1) is 13.5. The largest absolute Gasteiger partial charge is 0.481 e. The molecule has 158 valence electrons. The Morgan fingerprint density at radius 3 is 2.52 bits per heavy atom. The van der Waals surface area contributed by atoms with Crippen molar-refractivity contribution in [3.8, 4) is 6.07 Å². The Morgan fingerprint density at radius 1 is 1.31 bits per heavy atom. The van der Waals surface area contributed by atoms with E-state index in [4.69, 9.17) is 9.84 Å². The van der Waals surface area contributed by atoms with Crippen molar-refractivity contribution in [1.29, 1.82) is 5.26 Å². The number of esters is 1. The molecule has 0 bridgehead atoms. The minimum atomic E-state index is -1.11. The van der Waals surface area contributed by atoms with Crippen molar-refractivity contribution < 1.29 is 24.5 Å². The third-order valence-electron chi connectivity index (χ3n) is 4.71. The van der Waals surface area contributed by atoms with Gasteiger partial charge in [-0.05, 0) is 51.8 Å². The van der Waals surface area contributed by atoms with Crippen LogP contribution in [0.15, 0.2) is 18.2 Å². The number of carbonyl (C=O) groups excluding carboxylic acids is 1. The van der Waals surface area contributed by atoms with Crippen LogP contribution in [0.1, 0.15) is 52.0 Å². The van der Waals surface area contributed by atoms with E-state index in [1.54, 1.807) is 32.9 Å². The highest BCUT2D eigenvalue weighted by atomic mass is 16.6. The van der Waals surface area contributed by atoms with Gasteiger partial charge in [-0.3, -0.25) is 9.59 Å². The van der Waals surface area contributed by atoms with E-state index in [1.165, 1.54) is 0 Å². The summed E-state index contributed by atoms with van der Waals surface area (Å²) in [5.74, 6) is -1.30. The van der Waals surface area contributed by atoms with Crippen LogP contribution in [0.5, 0.6) is 0 Å². The molecule has 0 aliphatic carbocycles. The predicted molar refractivity (Wildman–Crippen MR) is 109 cm³/mol. The van der Waals surface area contributed by atoms with E-state index in [0.717, 1.165) is 5.69 Å². The van der Waals surface area contributed by atoms with Crippen LogP contribution < -0.4 is 10.2 Å². The third kappa shape index (κ3) is 6.95. The number of carboxylic acid groups (broad SMARTS) is 1. The lowest BCUT2D eigenvalue weighted by atomic mass is 9.87. The second-order valence-corrected chi connectivity index (χ2v) is 8.39. The fourth-order valence-electron chi connectivity index (χ4n) is 3.31. The van der Waals surface area contributed by atoms with Crippen molar-refractivity contribution in [2.45, 2.75) is 57.7 Å². The maximum atomic E-state index is 12.1. The van der Waals surface area contributed by atoms with Crippen LogP contribution in [-0.4, -0.2) is 53.0 Å². The average Bonchev–Trinajstić information content (AvgIpc) is 2.60. The molecular weight excluding hydrogens is 374 g/mol.